The van der Waals surface area contributed by atoms with Crippen LogP contribution in [0.1, 0.15) is 37.8 Å². The van der Waals surface area contributed by atoms with Gasteiger partial charge in [-0.1, -0.05) is 19.1 Å². The van der Waals surface area contributed by atoms with E-state index in [-0.39, 0.29) is 17.9 Å². The molecule has 1 aromatic carbocycles. The first kappa shape index (κ1) is 18.8. The normalized spacial score (nSPS) is 19.2. The van der Waals surface area contributed by atoms with Crippen LogP contribution in [0.4, 0.5) is 13.2 Å². The summed E-state index contributed by atoms with van der Waals surface area (Å²) in [6.07, 6.45) is -2.05. The molecule has 2 rings (SSSR count). The van der Waals surface area contributed by atoms with Crippen LogP contribution in [0.3, 0.4) is 0 Å². The molecule has 0 spiro atoms. The zero-order valence-corrected chi connectivity index (χ0v) is 14.1. The number of benzene rings is 1. The fourth-order valence-corrected chi connectivity index (χ4v) is 3.23. The minimum atomic E-state index is -4.33. The van der Waals surface area contributed by atoms with Crippen molar-refractivity contribution in [3.63, 3.8) is 0 Å². The van der Waals surface area contributed by atoms with Crippen LogP contribution in [0.2, 0.25) is 0 Å². The monoisotopic (exact) mass is 342 g/mol. The van der Waals surface area contributed by atoms with Gasteiger partial charge in [0.1, 0.15) is 0 Å². The number of nitrogens with two attached hydrogens (primary N) is 1. The molecule has 0 aliphatic carbocycles. The van der Waals surface area contributed by atoms with Crippen LogP contribution in [0, 0.1) is 11.8 Å². The van der Waals surface area contributed by atoms with Crippen molar-refractivity contribution in [3.8, 4) is 0 Å². The average molecular weight is 342 g/mol. The van der Waals surface area contributed by atoms with Gasteiger partial charge in [0, 0.05) is 25.0 Å². The molecule has 0 radical (unpaired) electrons. The van der Waals surface area contributed by atoms with E-state index in [1.165, 1.54) is 12.1 Å². The van der Waals surface area contributed by atoms with Crippen molar-refractivity contribution in [1.29, 1.82) is 0 Å². The van der Waals surface area contributed by atoms with Crippen LogP contribution in [-0.4, -0.2) is 29.9 Å². The van der Waals surface area contributed by atoms with E-state index < -0.39 is 11.7 Å². The van der Waals surface area contributed by atoms with E-state index in [1.54, 1.807) is 0 Å². The zero-order valence-electron chi connectivity index (χ0n) is 14.1. The maximum atomic E-state index is 12.6. The largest absolute Gasteiger partial charge is 0.416 e. The molecule has 0 aromatic heterocycles. The number of carbonyl (C=O) groups is 1. The molecule has 6 heteroatoms. The Morgan fingerprint density at radius 1 is 1.21 bits per heavy atom. The van der Waals surface area contributed by atoms with E-state index in [1.807, 2.05) is 18.7 Å². The number of hydrogen-bond acceptors (Lipinski definition) is 2. The Balaban J connectivity index is 1.90. The minimum Gasteiger partial charge on any atom is -0.342 e. The molecule has 134 valence electrons. The Kier molecular flexibility index (Phi) is 5.91. The summed E-state index contributed by atoms with van der Waals surface area (Å²) in [6, 6.07) is 5.19. The maximum Gasteiger partial charge on any atom is 0.416 e. The van der Waals surface area contributed by atoms with Crippen LogP contribution in [0.15, 0.2) is 24.3 Å². The second-order valence-electron chi connectivity index (χ2n) is 6.82. The third-order valence-corrected chi connectivity index (χ3v) is 4.84. The van der Waals surface area contributed by atoms with Gasteiger partial charge in [-0.05, 0) is 49.8 Å². The molecule has 1 aliphatic heterocycles. The third kappa shape index (κ3) is 4.72. The highest BCUT2D eigenvalue weighted by Crippen LogP contribution is 2.29. The van der Waals surface area contributed by atoms with Crippen molar-refractivity contribution in [2.45, 2.75) is 45.3 Å². The highest BCUT2D eigenvalue weighted by Gasteiger charge is 2.30. The van der Waals surface area contributed by atoms with E-state index in [9.17, 15) is 18.0 Å². The van der Waals surface area contributed by atoms with Crippen molar-refractivity contribution in [1.82, 2.24) is 4.90 Å². The predicted octanol–water partition coefficient (Wildman–Crippen LogP) is 3.47. The van der Waals surface area contributed by atoms with Crippen LogP contribution in [0.5, 0.6) is 0 Å². The second-order valence-corrected chi connectivity index (χ2v) is 6.82. The van der Waals surface area contributed by atoms with Crippen LogP contribution >= 0.6 is 0 Å². The van der Waals surface area contributed by atoms with Crippen LogP contribution in [-0.2, 0) is 17.4 Å². The number of alkyl halides is 3. The average Bonchev–Trinajstić information content (AvgIpc) is 2.54. The molecule has 0 bridgehead atoms. The van der Waals surface area contributed by atoms with E-state index in [0.29, 0.717) is 25.4 Å². The Hall–Kier alpha value is -1.56. The fourth-order valence-electron chi connectivity index (χ4n) is 3.23. The Morgan fingerprint density at radius 3 is 2.21 bits per heavy atom. The quantitative estimate of drug-likeness (QED) is 0.911. The van der Waals surface area contributed by atoms with Gasteiger partial charge in [0.25, 0.3) is 0 Å². The standard InChI is InChI=1S/C18H25F3N2O/c1-12(11-14-3-5-16(6-4-14)18(19,20)21)17(24)23-9-7-15(8-10-23)13(2)22/h3-6,12-13,15H,7-11,22H2,1-2H3. The molecule has 1 heterocycles. The number of carbonyl (C=O) groups excluding carboxylic acids is 1. The van der Waals surface area contributed by atoms with Gasteiger partial charge in [0.05, 0.1) is 5.56 Å². The molecule has 0 saturated carbocycles. The Bertz CT molecular complexity index is 546. The SMILES string of the molecule is CC(Cc1ccc(C(F)(F)F)cc1)C(=O)N1CCC(C(C)N)CC1. The lowest BCUT2D eigenvalue weighted by molar-refractivity contribution is -0.138. The van der Waals surface area contributed by atoms with E-state index >= 15 is 0 Å². The summed E-state index contributed by atoms with van der Waals surface area (Å²) in [6.45, 7) is 5.25. The van der Waals surface area contributed by atoms with Crippen molar-refractivity contribution < 1.29 is 18.0 Å². The highest BCUT2D eigenvalue weighted by atomic mass is 19.4. The summed E-state index contributed by atoms with van der Waals surface area (Å²) in [7, 11) is 0. The van der Waals surface area contributed by atoms with Crippen molar-refractivity contribution in [2.24, 2.45) is 17.6 Å². The Labute approximate surface area is 141 Å². The molecule has 1 aliphatic rings. The zero-order chi connectivity index (χ0) is 17.9. The van der Waals surface area contributed by atoms with Gasteiger partial charge in [0.2, 0.25) is 5.91 Å². The fraction of sp³-hybridized carbons (Fsp3) is 0.611. The molecular formula is C18H25F3N2O. The number of rotatable bonds is 4. The molecule has 3 nitrogen and oxygen atoms in total. The molecule has 2 unspecified atom stereocenters. The number of piperidine rings is 1. The van der Waals surface area contributed by atoms with Gasteiger partial charge < -0.3 is 10.6 Å². The van der Waals surface area contributed by atoms with Crippen molar-refractivity contribution in [3.05, 3.63) is 35.4 Å². The highest BCUT2D eigenvalue weighted by molar-refractivity contribution is 5.78. The molecule has 2 N–H and O–H groups in total. The number of nitrogens with zero attached hydrogens (tertiary/aromatic N) is 1. The molecule has 1 fully saturated rings. The number of hydrogen-bond donors (Lipinski definition) is 1. The van der Waals surface area contributed by atoms with Gasteiger partial charge >= 0.3 is 6.18 Å². The lowest BCUT2D eigenvalue weighted by Crippen LogP contribution is -2.44. The predicted molar refractivity (Wildman–Crippen MR) is 87.3 cm³/mol. The first-order valence-electron chi connectivity index (χ1n) is 8.39. The number of amides is 1. The smallest absolute Gasteiger partial charge is 0.342 e. The molecular weight excluding hydrogens is 317 g/mol. The summed E-state index contributed by atoms with van der Waals surface area (Å²) in [5.74, 6) is 0.283. The third-order valence-electron chi connectivity index (χ3n) is 4.84. The molecule has 24 heavy (non-hydrogen) atoms. The lowest BCUT2D eigenvalue weighted by atomic mass is 9.90. The first-order chi connectivity index (χ1) is 11.2. The second kappa shape index (κ2) is 7.55. The van der Waals surface area contributed by atoms with Gasteiger partial charge in [-0.2, -0.15) is 13.2 Å². The molecule has 1 saturated heterocycles. The minimum absolute atomic E-state index is 0.0676. The van der Waals surface area contributed by atoms with E-state index in [2.05, 4.69) is 0 Å². The number of likely N-dealkylation sites (tertiary alicyclic amines) is 1. The van der Waals surface area contributed by atoms with Crippen LogP contribution in [0.25, 0.3) is 0 Å². The molecule has 1 aromatic rings. The number of halogens is 3. The van der Waals surface area contributed by atoms with E-state index in [0.717, 1.165) is 30.5 Å². The summed E-state index contributed by atoms with van der Waals surface area (Å²) in [4.78, 5) is 14.4. The summed E-state index contributed by atoms with van der Waals surface area (Å²) in [5.41, 5.74) is 5.99. The van der Waals surface area contributed by atoms with Crippen molar-refractivity contribution in [2.75, 3.05) is 13.1 Å². The van der Waals surface area contributed by atoms with Gasteiger partial charge in [-0.15, -0.1) is 0 Å². The van der Waals surface area contributed by atoms with Crippen molar-refractivity contribution >= 4 is 5.91 Å². The lowest BCUT2D eigenvalue weighted by Gasteiger charge is -2.35. The molecule has 2 atom stereocenters. The van der Waals surface area contributed by atoms with Crippen LogP contribution < -0.4 is 5.73 Å². The van der Waals surface area contributed by atoms with Gasteiger partial charge in [-0.3, -0.25) is 4.79 Å². The van der Waals surface area contributed by atoms with E-state index in [4.69, 9.17) is 5.73 Å². The first-order valence-corrected chi connectivity index (χ1v) is 8.39. The maximum absolute atomic E-state index is 12.6. The summed E-state index contributed by atoms with van der Waals surface area (Å²) >= 11 is 0. The summed E-state index contributed by atoms with van der Waals surface area (Å²) < 4.78 is 37.7. The summed E-state index contributed by atoms with van der Waals surface area (Å²) in [5, 5.41) is 0. The molecule has 1 amide bonds. The van der Waals surface area contributed by atoms with Gasteiger partial charge in [0.15, 0.2) is 0 Å². The van der Waals surface area contributed by atoms with Gasteiger partial charge in [-0.25, -0.2) is 0 Å². The topological polar surface area (TPSA) is 46.3 Å². The Morgan fingerprint density at radius 2 is 1.75 bits per heavy atom.